The average molecular weight is 429 g/mol. The van der Waals surface area contributed by atoms with Gasteiger partial charge >= 0.3 is 0 Å². The number of carbonyl (C=O) groups excluding carboxylic acids is 1. The maximum Gasteiger partial charge on any atom is 0.272 e. The summed E-state index contributed by atoms with van der Waals surface area (Å²) in [5.41, 5.74) is 8.80. The summed E-state index contributed by atoms with van der Waals surface area (Å²) in [6.07, 6.45) is 5.20. The van der Waals surface area contributed by atoms with Gasteiger partial charge in [-0.3, -0.25) is 13.8 Å². The zero-order chi connectivity index (χ0) is 22.6. The Bertz CT molecular complexity index is 1320. The van der Waals surface area contributed by atoms with E-state index < -0.39 is 0 Å². The standard InChI is InChI=1S/C27H32N4O/c1-6-12-29(16-21-10-11-21)26(32)23-15-28-27-30(23)22-9-7-8-18(3)25(22)31(27)24-19(4)13-17(2)14-20(24)5/h7-9,13-15,21H,6,10-12,16H2,1-5H3. The summed E-state index contributed by atoms with van der Waals surface area (Å²) in [4.78, 5) is 20.5. The zero-order valence-corrected chi connectivity index (χ0v) is 19.8. The first kappa shape index (κ1) is 20.8. The Hall–Kier alpha value is -3.08. The van der Waals surface area contributed by atoms with Crippen LogP contribution >= 0.6 is 0 Å². The second-order valence-corrected chi connectivity index (χ2v) is 9.50. The average Bonchev–Trinajstić information content (AvgIpc) is 3.35. The number of imidazole rings is 2. The van der Waals surface area contributed by atoms with Crippen molar-refractivity contribution in [3.8, 4) is 5.69 Å². The summed E-state index contributed by atoms with van der Waals surface area (Å²) < 4.78 is 4.32. The second-order valence-electron chi connectivity index (χ2n) is 9.50. The highest BCUT2D eigenvalue weighted by molar-refractivity contribution is 5.97. The molecule has 2 aromatic heterocycles. The van der Waals surface area contributed by atoms with E-state index in [1.807, 2.05) is 4.90 Å². The first-order chi connectivity index (χ1) is 15.4. The lowest BCUT2D eigenvalue weighted by Crippen LogP contribution is -2.34. The number of nitrogens with zero attached hydrogens (tertiary/aromatic N) is 4. The highest BCUT2D eigenvalue weighted by Crippen LogP contribution is 2.33. The van der Waals surface area contributed by atoms with Crippen molar-refractivity contribution in [2.24, 2.45) is 5.92 Å². The van der Waals surface area contributed by atoms with E-state index in [0.717, 1.165) is 42.0 Å². The van der Waals surface area contributed by atoms with Crippen molar-refractivity contribution in [1.29, 1.82) is 0 Å². The monoisotopic (exact) mass is 428 g/mol. The van der Waals surface area contributed by atoms with Gasteiger partial charge in [0.25, 0.3) is 5.91 Å². The maximum atomic E-state index is 13.7. The summed E-state index contributed by atoms with van der Waals surface area (Å²) >= 11 is 0. The van der Waals surface area contributed by atoms with Gasteiger partial charge < -0.3 is 4.90 Å². The number of hydrogen-bond acceptors (Lipinski definition) is 2. The fourth-order valence-corrected chi connectivity index (χ4v) is 5.16. The topological polar surface area (TPSA) is 42.5 Å². The normalized spacial score (nSPS) is 13.9. The van der Waals surface area contributed by atoms with Crippen molar-refractivity contribution in [1.82, 2.24) is 18.9 Å². The van der Waals surface area contributed by atoms with Gasteiger partial charge in [-0.1, -0.05) is 36.8 Å². The van der Waals surface area contributed by atoms with Gasteiger partial charge in [-0.2, -0.15) is 0 Å². The Kier molecular flexibility index (Phi) is 5.07. The molecule has 0 aliphatic heterocycles. The summed E-state index contributed by atoms with van der Waals surface area (Å²) in [5.74, 6) is 1.55. The van der Waals surface area contributed by atoms with Crippen LogP contribution in [0, 0.1) is 33.6 Å². The summed E-state index contributed by atoms with van der Waals surface area (Å²) in [6.45, 7) is 12.4. The lowest BCUT2D eigenvalue weighted by Gasteiger charge is -2.21. The zero-order valence-electron chi connectivity index (χ0n) is 19.8. The maximum absolute atomic E-state index is 13.7. The third-order valence-electron chi connectivity index (χ3n) is 6.66. The van der Waals surface area contributed by atoms with E-state index in [1.54, 1.807) is 6.20 Å². The summed E-state index contributed by atoms with van der Waals surface area (Å²) in [5, 5.41) is 0. The van der Waals surface area contributed by atoms with Gasteiger partial charge in [0.2, 0.25) is 5.78 Å². The Morgan fingerprint density at radius 2 is 1.81 bits per heavy atom. The van der Waals surface area contributed by atoms with Crippen LogP contribution in [0.1, 0.15) is 58.9 Å². The Morgan fingerprint density at radius 1 is 1.09 bits per heavy atom. The van der Waals surface area contributed by atoms with E-state index in [2.05, 4.69) is 73.9 Å². The molecule has 1 fully saturated rings. The van der Waals surface area contributed by atoms with E-state index in [4.69, 9.17) is 4.98 Å². The first-order valence-electron chi connectivity index (χ1n) is 11.8. The molecule has 0 spiro atoms. The lowest BCUT2D eigenvalue weighted by atomic mass is 10.0. The molecule has 0 saturated heterocycles. The van der Waals surface area contributed by atoms with Gasteiger partial charge in [-0.25, -0.2) is 4.98 Å². The van der Waals surface area contributed by atoms with Gasteiger partial charge in [0.05, 0.1) is 22.9 Å². The number of carbonyl (C=O) groups is 1. The highest BCUT2D eigenvalue weighted by atomic mass is 16.2. The van der Waals surface area contributed by atoms with Crippen LogP contribution in [0.2, 0.25) is 0 Å². The number of rotatable bonds is 6. The Morgan fingerprint density at radius 3 is 2.47 bits per heavy atom. The third-order valence-corrected chi connectivity index (χ3v) is 6.66. The highest BCUT2D eigenvalue weighted by Gasteiger charge is 2.29. The minimum absolute atomic E-state index is 0.0872. The molecule has 2 heterocycles. The largest absolute Gasteiger partial charge is 0.337 e. The number of hydrogen-bond donors (Lipinski definition) is 0. The molecule has 5 nitrogen and oxygen atoms in total. The van der Waals surface area contributed by atoms with Gasteiger partial charge in [-0.15, -0.1) is 0 Å². The van der Waals surface area contributed by atoms with E-state index in [1.165, 1.54) is 35.1 Å². The number of para-hydroxylation sites is 1. The minimum atomic E-state index is 0.0872. The molecule has 0 atom stereocenters. The molecular formula is C27H32N4O. The van der Waals surface area contributed by atoms with Crippen LogP contribution in [0.3, 0.4) is 0 Å². The van der Waals surface area contributed by atoms with E-state index >= 15 is 0 Å². The van der Waals surface area contributed by atoms with Crippen LogP contribution < -0.4 is 0 Å². The molecule has 0 bridgehead atoms. The number of benzene rings is 2. The molecule has 1 amide bonds. The van der Waals surface area contributed by atoms with Gasteiger partial charge in [-0.05, 0) is 75.6 Å². The fourth-order valence-electron chi connectivity index (χ4n) is 5.16. The van der Waals surface area contributed by atoms with Gasteiger partial charge in [0.1, 0.15) is 5.69 Å². The third kappa shape index (κ3) is 3.31. The van der Waals surface area contributed by atoms with Crippen LogP contribution in [0.4, 0.5) is 0 Å². The van der Waals surface area contributed by atoms with Crippen molar-refractivity contribution in [2.45, 2.75) is 53.9 Å². The lowest BCUT2D eigenvalue weighted by molar-refractivity contribution is 0.0741. The smallest absolute Gasteiger partial charge is 0.272 e. The van der Waals surface area contributed by atoms with E-state index in [-0.39, 0.29) is 5.91 Å². The summed E-state index contributed by atoms with van der Waals surface area (Å²) in [7, 11) is 0. The summed E-state index contributed by atoms with van der Waals surface area (Å²) in [6, 6.07) is 10.7. The molecule has 166 valence electrons. The number of aromatic nitrogens is 3. The van der Waals surface area contributed by atoms with Crippen LogP contribution in [0.25, 0.3) is 22.5 Å². The first-order valence-corrected chi connectivity index (χ1v) is 11.8. The van der Waals surface area contributed by atoms with Crippen molar-refractivity contribution in [3.63, 3.8) is 0 Å². The van der Waals surface area contributed by atoms with Crippen molar-refractivity contribution in [3.05, 3.63) is 64.5 Å². The molecule has 32 heavy (non-hydrogen) atoms. The molecule has 1 aliphatic rings. The van der Waals surface area contributed by atoms with Crippen molar-refractivity contribution in [2.75, 3.05) is 13.1 Å². The van der Waals surface area contributed by atoms with Crippen LogP contribution in [0.5, 0.6) is 0 Å². The van der Waals surface area contributed by atoms with Crippen molar-refractivity contribution >= 4 is 22.7 Å². The van der Waals surface area contributed by atoms with Crippen LogP contribution in [-0.4, -0.2) is 37.8 Å². The number of amides is 1. The fraction of sp³-hybridized carbons (Fsp3) is 0.407. The second kappa shape index (κ2) is 7.80. The molecule has 5 heteroatoms. The molecule has 5 rings (SSSR count). The Labute approximate surface area is 189 Å². The molecule has 1 saturated carbocycles. The van der Waals surface area contributed by atoms with Crippen molar-refractivity contribution < 1.29 is 4.79 Å². The number of aryl methyl sites for hydroxylation is 4. The predicted molar refractivity (Wildman–Crippen MR) is 130 cm³/mol. The molecule has 0 N–H and O–H groups in total. The van der Waals surface area contributed by atoms with Crippen LogP contribution in [-0.2, 0) is 0 Å². The molecular weight excluding hydrogens is 396 g/mol. The van der Waals surface area contributed by atoms with E-state index in [9.17, 15) is 4.79 Å². The molecule has 1 aliphatic carbocycles. The molecule has 0 radical (unpaired) electrons. The molecule has 4 aromatic rings. The molecule has 2 aromatic carbocycles. The van der Waals surface area contributed by atoms with E-state index in [0.29, 0.717) is 11.6 Å². The Balaban J connectivity index is 1.77. The minimum Gasteiger partial charge on any atom is -0.337 e. The quantitative estimate of drug-likeness (QED) is 0.391. The van der Waals surface area contributed by atoms with Crippen LogP contribution in [0.15, 0.2) is 36.5 Å². The van der Waals surface area contributed by atoms with Gasteiger partial charge in [0.15, 0.2) is 0 Å². The van der Waals surface area contributed by atoms with Gasteiger partial charge in [0, 0.05) is 13.1 Å². The SMILES string of the molecule is CCCN(CC1CC1)C(=O)c1cnc2n(-c3c(C)cc(C)cc3C)c3c(C)cccc3n12. The number of fused-ring (bicyclic) bond motifs is 3. The predicted octanol–water partition coefficient (Wildman–Crippen LogP) is 5.77. The molecule has 0 unspecified atom stereocenters.